The molecule has 1 aromatic carbocycles. The number of benzene rings is 1. The Balaban J connectivity index is 1.88. The first-order valence-corrected chi connectivity index (χ1v) is 6.51. The van der Waals surface area contributed by atoms with Gasteiger partial charge in [0.05, 0.1) is 4.88 Å². The lowest BCUT2D eigenvalue weighted by atomic mass is 10.1. The molecule has 94 valence electrons. The van der Waals surface area contributed by atoms with Gasteiger partial charge in [-0.2, -0.15) is 0 Å². The highest BCUT2D eigenvalue weighted by Crippen LogP contribution is 2.28. The van der Waals surface area contributed by atoms with Crippen LogP contribution in [0.2, 0.25) is 0 Å². The summed E-state index contributed by atoms with van der Waals surface area (Å²) in [5, 5.41) is 7.28. The van der Waals surface area contributed by atoms with Crippen molar-refractivity contribution in [2.75, 3.05) is 0 Å². The third kappa shape index (κ3) is 2.39. The molecule has 3 rings (SSSR count). The zero-order chi connectivity index (χ0) is 12.5. The predicted molar refractivity (Wildman–Crippen MR) is 65.1 cm³/mol. The van der Waals surface area contributed by atoms with E-state index < -0.39 is 11.6 Å². The molecule has 1 aromatic heterocycles. The standard InChI is InChI=1S/C12H11F2N3S/c13-7-1-4-9(10(14)5-7)12-11(18-17-16-12)6-15-8-2-3-8/h1,4-5,8,15H,2-3,6H2. The first-order chi connectivity index (χ1) is 8.74. The highest BCUT2D eigenvalue weighted by molar-refractivity contribution is 7.05. The molecule has 3 nitrogen and oxygen atoms in total. The summed E-state index contributed by atoms with van der Waals surface area (Å²) in [4.78, 5) is 0.882. The SMILES string of the molecule is Fc1ccc(-c2nnsc2CNC2CC2)c(F)c1. The molecule has 1 saturated carbocycles. The fourth-order valence-electron chi connectivity index (χ4n) is 1.74. The molecule has 1 heterocycles. The van der Waals surface area contributed by atoms with Crippen LogP contribution in [0.15, 0.2) is 18.2 Å². The molecule has 1 N–H and O–H groups in total. The quantitative estimate of drug-likeness (QED) is 0.925. The second kappa shape index (κ2) is 4.70. The Morgan fingerprint density at radius 2 is 2.17 bits per heavy atom. The molecular weight excluding hydrogens is 256 g/mol. The molecule has 1 aliphatic rings. The summed E-state index contributed by atoms with van der Waals surface area (Å²) in [6.45, 7) is 0.633. The van der Waals surface area contributed by atoms with E-state index in [0.717, 1.165) is 10.9 Å². The normalized spacial score (nSPS) is 15.0. The highest BCUT2D eigenvalue weighted by Gasteiger charge is 2.22. The van der Waals surface area contributed by atoms with Gasteiger partial charge in [0.15, 0.2) is 0 Å². The molecule has 0 atom stereocenters. The summed E-state index contributed by atoms with van der Waals surface area (Å²) in [5.41, 5.74) is 0.809. The van der Waals surface area contributed by atoms with Crippen molar-refractivity contribution in [1.29, 1.82) is 0 Å². The fourth-order valence-corrected chi connectivity index (χ4v) is 2.34. The van der Waals surface area contributed by atoms with Gasteiger partial charge in [-0.25, -0.2) is 8.78 Å². The molecule has 1 aliphatic carbocycles. The van der Waals surface area contributed by atoms with Gasteiger partial charge in [-0.05, 0) is 36.5 Å². The molecule has 0 amide bonds. The summed E-state index contributed by atoms with van der Waals surface area (Å²) < 4.78 is 30.4. The number of nitrogens with one attached hydrogen (secondary N) is 1. The topological polar surface area (TPSA) is 37.8 Å². The van der Waals surface area contributed by atoms with Gasteiger partial charge in [-0.15, -0.1) is 5.10 Å². The average Bonchev–Trinajstić information content (AvgIpc) is 3.06. The summed E-state index contributed by atoms with van der Waals surface area (Å²) in [7, 11) is 0. The maximum absolute atomic E-state index is 13.7. The minimum absolute atomic E-state index is 0.303. The van der Waals surface area contributed by atoms with Gasteiger partial charge in [0.25, 0.3) is 0 Å². The molecule has 2 aromatic rings. The molecule has 0 bridgehead atoms. The van der Waals surface area contributed by atoms with Gasteiger partial charge in [-0.1, -0.05) is 4.49 Å². The Bertz CT molecular complexity index is 566. The second-order valence-corrected chi connectivity index (χ2v) is 5.16. The Kier molecular flexibility index (Phi) is 3.05. The van der Waals surface area contributed by atoms with Crippen LogP contribution in [-0.2, 0) is 6.54 Å². The maximum Gasteiger partial charge on any atom is 0.135 e. The van der Waals surface area contributed by atoms with Crippen LogP contribution in [0, 0.1) is 11.6 Å². The third-order valence-corrected chi connectivity index (χ3v) is 3.59. The summed E-state index contributed by atoms with van der Waals surface area (Å²) in [6, 6.07) is 4.07. The first-order valence-electron chi connectivity index (χ1n) is 5.74. The number of hydrogen-bond donors (Lipinski definition) is 1. The lowest BCUT2D eigenvalue weighted by Crippen LogP contribution is -2.15. The summed E-state index contributed by atoms with van der Waals surface area (Å²) in [5.74, 6) is -1.19. The molecule has 18 heavy (non-hydrogen) atoms. The van der Waals surface area contributed by atoms with Gasteiger partial charge in [0, 0.05) is 24.2 Å². The van der Waals surface area contributed by atoms with E-state index in [4.69, 9.17) is 0 Å². The van der Waals surface area contributed by atoms with Crippen molar-refractivity contribution in [3.63, 3.8) is 0 Å². The molecule has 0 unspecified atom stereocenters. The van der Waals surface area contributed by atoms with Crippen molar-refractivity contribution in [2.45, 2.75) is 25.4 Å². The molecular formula is C12H11F2N3S. The van der Waals surface area contributed by atoms with Crippen LogP contribution >= 0.6 is 11.5 Å². The highest BCUT2D eigenvalue weighted by atomic mass is 32.1. The van der Waals surface area contributed by atoms with Crippen molar-refractivity contribution in [3.8, 4) is 11.3 Å². The average molecular weight is 267 g/mol. The van der Waals surface area contributed by atoms with E-state index in [1.165, 1.54) is 36.5 Å². The summed E-state index contributed by atoms with van der Waals surface area (Å²) >= 11 is 1.24. The third-order valence-electron chi connectivity index (χ3n) is 2.87. The number of hydrogen-bond acceptors (Lipinski definition) is 4. The van der Waals surface area contributed by atoms with Crippen molar-refractivity contribution >= 4 is 11.5 Å². The monoisotopic (exact) mass is 267 g/mol. The molecule has 1 fully saturated rings. The molecule has 6 heteroatoms. The van der Waals surface area contributed by atoms with Gasteiger partial charge in [-0.3, -0.25) is 0 Å². The van der Waals surface area contributed by atoms with Crippen LogP contribution in [0.5, 0.6) is 0 Å². The zero-order valence-corrected chi connectivity index (χ0v) is 10.3. The van der Waals surface area contributed by atoms with E-state index in [2.05, 4.69) is 14.9 Å². The minimum Gasteiger partial charge on any atom is -0.309 e. The van der Waals surface area contributed by atoms with Gasteiger partial charge < -0.3 is 5.32 Å². The summed E-state index contributed by atoms with van der Waals surface area (Å²) in [6.07, 6.45) is 2.37. The van der Waals surface area contributed by atoms with E-state index in [9.17, 15) is 8.78 Å². The van der Waals surface area contributed by atoms with Crippen LogP contribution in [0.4, 0.5) is 8.78 Å². The molecule has 0 saturated heterocycles. The van der Waals surface area contributed by atoms with E-state index >= 15 is 0 Å². The van der Waals surface area contributed by atoms with E-state index in [0.29, 0.717) is 23.8 Å². The van der Waals surface area contributed by atoms with Crippen molar-refractivity contribution in [1.82, 2.24) is 14.9 Å². The van der Waals surface area contributed by atoms with Crippen molar-refractivity contribution in [2.24, 2.45) is 0 Å². The van der Waals surface area contributed by atoms with Crippen LogP contribution in [-0.4, -0.2) is 15.6 Å². The number of halogens is 2. The van der Waals surface area contributed by atoms with Crippen LogP contribution in [0.25, 0.3) is 11.3 Å². The lowest BCUT2D eigenvalue weighted by Gasteiger charge is -2.04. The Hall–Kier alpha value is -1.40. The van der Waals surface area contributed by atoms with Gasteiger partial charge in [0.1, 0.15) is 17.3 Å². The first kappa shape index (κ1) is 11.7. The van der Waals surface area contributed by atoms with Crippen molar-refractivity contribution in [3.05, 3.63) is 34.7 Å². The number of aromatic nitrogens is 2. The van der Waals surface area contributed by atoms with Crippen LogP contribution in [0.3, 0.4) is 0 Å². The predicted octanol–water partition coefficient (Wildman–Crippen LogP) is 2.74. The lowest BCUT2D eigenvalue weighted by molar-refractivity contribution is 0.585. The molecule has 0 aliphatic heterocycles. The van der Waals surface area contributed by atoms with Gasteiger partial charge >= 0.3 is 0 Å². The Morgan fingerprint density at radius 1 is 1.33 bits per heavy atom. The van der Waals surface area contributed by atoms with E-state index in [1.54, 1.807) is 0 Å². The smallest absolute Gasteiger partial charge is 0.135 e. The van der Waals surface area contributed by atoms with Crippen LogP contribution in [0.1, 0.15) is 17.7 Å². The molecule has 0 spiro atoms. The molecule has 0 radical (unpaired) electrons. The van der Waals surface area contributed by atoms with Crippen molar-refractivity contribution < 1.29 is 8.78 Å². The maximum atomic E-state index is 13.7. The fraction of sp³-hybridized carbons (Fsp3) is 0.333. The second-order valence-electron chi connectivity index (χ2n) is 4.32. The Morgan fingerprint density at radius 3 is 2.89 bits per heavy atom. The van der Waals surface area contributed by atoms with Crippen LogP contribution < -0.4 is 5.32 Å². The number of nitrogens with zero attached hydrogens (tertiary/aromatic N) is 2. The zero-order valence-electron chi connectivity index (χ0n) is 9.49. The van der Waals surface area contributed by atoms with Gasteiger partial charge in [0.2, 0.25) is 0 Å². The van der Waals surface area contributed by atoms with E-state index in [1.807, 2.05) is 0 Å². The minimum atomic E-state index is -0.602. The largest absolute Gasteiger partial charge is 0.309 e. The Labute approximate surface area is 107 Å². The van der Waals surface area contributed by atoms with E-state index in [-0.39, 0.29) is 0 Å². The number of rotatable bonds is 4.